The van der Waals surface area contributed by atoms with Crippen LogP contribution in [0.4, 0.5) is 5.00 Å². The highest BCUT2D eigenvalue weighted by molar-refractivity contribution is 7.16. The Kier molecular flexibility index (Phi) is 6.37. The highest BCUT2D eigenvalue weighted by Gasteiger charge is 2.28. The number of nitrogens with zero attached hydrogens (tertiary/aromatic N) is 4. The lowest BCUT2D eigenvalue weighted by Crippen LogP contribution is -2.37. The maximum atomic E-state index is 12.8. The number of carbonyl (C=O) groups excluding carboxylic acids is 2. The number of imidazole rings is 1. The number of rotatable bonds is 6. The fraction of sp³-hybridized carbons (Fsp3) is 0.333. The van der Waals surface area contributed by atoms with E-state index in [9.17, 15) is 14.9 Å². The second-order valence-electron chi connectivity index (χ2n) is 8.05. The highest BCUT2D eigenvalue weighted by atomic mass is 32.1. The van der Waals surface area contributed by atoms with Crippen molar-refractivity contribution >= 4 is 28.2 Å². The second-order valence-corrected chi connectivity index (χ2v) is 9.16. The Labute approximate surface area is 191 Å². The number of hydrogen-bond donors (Lipinski definition) is 1. The van der Waals surface area contributed by atoms with Gasteiger partial charge in [-0.2, -0.15) is 5.26 Å². The van der Waals surface area contributed by atoms with Gasteiger partial charge in [-0.25, -0.2) is 4.98 Å². The summed E-state index contributed by atoms with van der Waals surface area (Å²) in [6.45, 7) is 5.15. The second kappa shape index (κ2) is 9.37. The standard InChI is InChI=1S/C24H25N5O2S/c1-16(18-6-4-3-5-7-18)12-22(30)27-24-20(13-25)19-8-10-29(14-21(19)32-24)23(31)15-28-11-9-26-17(28)2/h3-7,9,11,16H,8,10,12,14-15H2,1-2H3,(H,27,30)/t16-/m0/s1. The van der Waals surface area contributed by atoms with Crippen LogP contribution in [0.3, 0.4) is 0 Å². The van der Waals surface area contributed by atoms with Gasteiger partial charge in [0.25, 0.3) is 0 Å². The number of amides is 2. The number of nitrogens with one attached hydrogen (secondary N) is 1. The van der Waals surface area contributed by atoms with Gasteiger partial charge in [0.15, 0.2) is 0 Å². The van der Waals surface area contributed by atoms with Gasteiger partial charge in [0.1, 0.15) is 23.4 Å². The van der Waals surface area contributed by atoms with Gasteiger partial charge in [0, 0.05) is 30.2 Å². The van der Waals surface area contributed by atoms with E-state index in [1.165, 1.54) is 11.3 Å². The molecule has 2 amide bonds. The summed E-state index contributed by atoms with van der Waals surface area (Å²) in [7, 11) is 0. The highest BCUT2D eigenvalue weighted by Crippen LogP contribution is 2.37. The molecule has 0 unspecified atom stereocenters. The minimum atomic E-state index is -0.111. The van der Waals surface area contributed by atoms with Gasteiger partial charge >= 0.3 is 0 Å². The number of aryl methyl sites for hydroxylation is 1. The van der Waals surface area contributed by atoms with Crippen molar-refractivity contribution in [1.82, 2.24) is 14.5 Å². The number of anilines is 1. The Morgan fingerprint density at radius 2 is 2.09 bits per heavy atom. The van der Waals surface area contributed by atoms with Crippen LogP contribution < -0.4 is 5.32 Å². The summed E-state index contributed by atoms with van der Waals surface area (Å²) in [6, 6.07) is 12.2. The third-order valence-corrected chi connectivity index (χ3v) is 7.00. The van der Waals surface area contributed by atoms with Crippen LogP contribution in [0.25, 0.3) is 0 Å². The van der Waals surface area contributed by atoms with Gasteiger partial charge in [-0.3, -0.25) is 9.59 Å². The van der Waals surface area contributed by atoms with Crippen molar-refractivity contribution in [2.45, 2.75) is 45.7 Å². The molecule has 164 valence electrons. The average Bonchev–Trinajstić information content (AvgIpc) is 3.35. The van der Waals surface area contributed by atoms with Crippen molar-refractivity contribution in [2.24, 2.45) is 0 Å². The molecule has 1 N–H and O–H groups in total. The van der Waals surface area contributed by atoms with E-state index in [2.05, 4.69) is 16.4 Å². The molecule has 32 heavy (non-hydrogen) atoms. The van der Waals surface area contributed by atoms with Crippen LogP contribution in [-0.4, -0.2) is 32.8 Å². The van der Waals surface area contributed by atoms with Crippen LogP contribution in [0.1, 0.15) is 46.7 Å². The Balaban J connectivity index is 1.44. The third kappa shape index (κ3) is 4.58. The summed E-state index contributed by atoms with van der Waals surface area (Å²) in [4.78, 5) is 32.4. The molecule has 3 heterocycles. The number of fused-ring (bicyclic) bond motifs is 1. The lowest BCUT2D eigenvalue weighted by Gasteiger charge is -2.27. The van der Waals surface area contributed by atoms with Crippen molar-refractivity contribution in [2.75, 3.05) is 11.9 Å². The number of benzene rings is 1. The van der Waals surface area contributed by atoms with Crippen LogP contribution in [0, 0.1) is 18.3 Å². The van der Waals surface area contributed by atoms with Crippen LogP contribution in [0.2, 0.25) is 0 Å². The van der Waals surface area contributed by atoms with E-state index in [0.717, 1.165) is 21.8 Å². The van der Waals surface area contributed by atoms with E-state index in [1.807, 2.05) is 53.6 Å². The lowest BCUT2D eigenvalue weighted by molar-refractivity contribution is -0.132. The van der Waals surface area contributed by atoms with E-state index in [-0.39, 0.29) is 24.3 Å². The summed E-state index contributed by atoms with van der Waals surface area (Å²) in [6.07, 6.45) is 4.43. The van der Waals surface area contributed by atoms with Gasteiger partial charge in [-0.1, -0.05) is 37.3 Å². The maximum Gasteiger partial charge on any atom is 0.242 e. The Morgan fingerprint density at radius 3 is 2.78 bits per heavy atom. The van der Waals surface area contributed by atoms with Gasteiger partial charge in [0.2, 0.25) is 11.8 Å². The van der Waals surface area contributed by atoms with E-state index < -0.39 is 0 Å². The van der Waals surface area contributed by atoms with Gasteiger partial charge < -0.3 is 14.8 Å². The monoisotopic (exact) mass is 447 g/mol. The molecule has 7 nitrogen and oxygen atoms in total. The van der Waals surface area contributed by atoms with Crippen LogP contribution in [-0.2, 0) is 29.1 Å². The first-order valence-electron chi connectivity index (χ1n) is 10.6. The smallest absolute Gasteiger partial charge is 0.242 e. The van der Waals surface area contributed by atoms with Crippen molar-refractivity contribution in [3.05, 3.63) is 70.1 Å². The van der Waals surface area contributed by atoms with E-state index in [1.54, 1.807) is 12.4 Å². The Bertz CT molecular complexity index is 1170. The van der Waals surface area contributed by atoms with Gasteiger partial charge in [-0.05, 0) is 30.4 Å². The topological polar surface area (TPSA) is 91.0 Å². The predicted molar refractivity (Wildman–Crippen MR) is 123 cm³/mol. The summed E-state index contributed by atoms with van der Waals surface area (Å²) < 4.78 is 1.83. The molecule has 1 aliphatic heterocycles. The minimum Gasteiger partial charge on any atom is -0.336 e. The van der Waals surface area contributed by atoms with E-state index in [4.69, 9.17) is 0 Å². The number of aromatic nitrogens is 2. The zero-order chi connectivity index (χ0) is 22.7. The maximum absolute atomic E-state index is 12.8. The normalized spacial score (nSPS) is 13.8. The molecule has 3 aromatic rings. The first-order valence-corrected chi connectivity index (χ1v) is 11.4. The molecule has 2 aromatic heterocycles. The average molecular weight is 448 g/mol. The molecule has 0 saturated carbocycles. The number of hydrogen-bond acceptors (Lipinski definition) is 5. The number of carbonyl (C=O) groups is 2. The van der Waals surface area contributed by atoms with Crippen molar-refractivity contribution in [3.63, 3.8) is 0 Å². The lowest BCUT2D eigenvalue weighted by atomic mass is 9.97. The molecule has 0 aliphatic carbocycles. The van der Waals surface area contributed by atoms with Crippen LogP contribution in [0.15, 0.2) is 42.7 Å². The fourth-order valence-corrected chi connectivity index (χ4v) is 5.22. The molecule has 0 bridgehead atoms. The SMILES string of the molecule is Cc1nccn1CC(=O)N1CCc2c(sc(NC(=O)C[C@H](C)c3ccccc3)c2C#N)C1. The number of thiophene rings is 1. The zero-order valence-corrected chi connectivity index (χ0v) is 19.0. The number of nitriles is 1. The van der Waals surface area contributed by atoms with Crippen molar-refractivity contribution in [1.29, 1.82) is 5.26 Å². The van der Waals surface area contributed by atoms with Crippen LogP contribution in [0.5, 0.6) is 0 Å². The summed E-state index contributed by atoms with van der Waals surface area (Å²) >= 11 is 1.40. The van der Waals surface area contributed by atoms with Crippen LogP contribution >= 0.6 is 11.3 Å². The summed E-state index contributed by atoms with van der Waals surface area (Å²) in [5.41, 5.74) is 2.59. The molecule has 0 spiro atoms. The Hall–Kier alpha value is -3.44. The molecule has 0 radical (unpaired) electrons. The van der Waals surface area contributed by atoms with E-state index in [0.29, 0.717) is 36.5 Å². The molecular weight excluding hydrogens is 422 g/mol. The first-order chi connectivity index (χ1) is 15.5. The van der Waals surface area contributed by atoms with Crippen molar-refractivity contribution in [3.8, 4) is 6.07 Å². The minimum absolute atomic E-state index is 0.0194. The Morgan fingerprint density at radius 1 is 1.31 bits per heavy atom. The van der Waals surface area contributed by atoms with Crippen molar-refractivity contribution < 1.29 is 9.59 Å². The molecule has 1 aromatic carbocycles. The predicted octanol–water partition coefficient (Wildman–Crippen LogP) is 3.84. The summed E-state index contributed by atoms with van der Waals surface area (Å²) in [5, 5.41) is 13.3. The largest absolute Gasteiger partial charge is 0.336 e. The zero-order valence-electron chi connectivity index (χ0n) is 18.2. The molecule has 8 heteroatoms. The summed E-state index contributed by atoms with van der Waals surface area (Å²) in [5.74, 6) is 0.788. The molecule has 4 rings (SSSR count). The molecule has 0 saturated heterocycles. The van der Waals surface area contributed by atoms with Gasteiger partial charge in [0.05, 0.1) is 12.1 Å². The molecular formula is C24H25N5O2S. The molecule has 1 atom stereocenters. The third-order valence-electron chi connectivity index (χ3n) is 5.86. The first kappa shape index (κ1) is 21.8. The van der Waals surface area contributed by atoms with Gasteiger partial charge in [-0.15, -0.1) is 11.3 Å². The van der Waals surface area contributed by atoms with E-state index >= 15 is 0 Å². The quantitative estimate of drug-likeness (QED) is 0.622. The molecule has 0 fully saturated rings. The molecule has 1 aliphatic rings. The fourth-order valence-electron chi connectivity index (χ4n) is 3.99.